The van der Waals surface area contributed by atoms with Crippen molar-refractivity contribution >= 4 is 17.9 Å². The molecule has 0 fully saturated rings. The Hall–Kier alpha value is -1.67. The van der Waals surface area contributed by atoms with E-state index in [0.29, 0.717) is 48.5 Å². The van der Waals surface area contributed by atoms with E-state index in [9.17, 15) is 41.0 Å². The fourth-order valence-corrected chi connectivity index (χ4v) is 3.69. The zero-order valence-corrected chi connectivity index (χ0v) is 12.6. The van der Waals surface area contributed by atoms with E-state index < -0.39 is 41.4 Å². The van der Waals surface area contributed by atoms with Gasteiger partial charge in [-0.3, -0.25) is 0 Å². The molecule has 3 nitrogen and oxygen atoms in total. The Balaban J connectivity index is 2.46. The Bertz CT molecular complexity index is 665. The van der Waals surface area contributed by atoms with Gasteiger partial charge in [0.15, 0.2) is 0 Å². The Kier molecular flexibility index (Phi) is 4.22. The van der Waals surface area contributed by atoms with E-state index >= 15 is 0 Å². The number of halogens is 6. The van der Waals surface area contributed by atoms with Crippen molar-refractivity contribution in [1.29, 1.82) is 0 Å². The first-order valence-electron chi connectivity index (χ1n) is 6.32. The van der Waals surface area contributed by atoms with Gasteiger partial charge < -0.3 is 0 Å². The molecule has 2 aromatic carbocycles. The summed E-state index contributed by atoms with van der Waals surface area (Å²) in [5.74, 6) is 0. The Morgan fingerprint density at radius 3 is 1.00 bits per heavy atom. The van der Waals surface area contributed by atoms with Gasteiger partial charge in [-0.2, -0.15) is 0 Å². The summed E-state index contributed by atoms with van der Waals surface area (Å²) in [5, 5.41) is -1.26. The molecule has 132 valence electrons. The summed E-state index contributed by atoms with van der Waals surface area (Å²) in [6.45, 7) is 0. The van der Waals surface area contributed by atoms with Crippen LogP contribution in [-0.4, -0.2) is 14.7 Å². The average molecular weight is 372 g/mol. The van der Waals surface area contributed by atoms with E-state index in [1.165, 1.54) is 0 Å². The van der Waals surface area contributed by atoms with Crippen molar-refractivity contribution in [3.8, 4) is 0 Å². The third-order valence-corrected chi connectivity index (χ3v) is 5.84. The summed E-state index contributed by atoms with van der Waals surface area (Å²) in [5.41, 5.74) is -2.16. The average Bonchev–Trinajstić information content (AvgIpc) is 2.45. The van der Waals surface area contributed by atoms with Gasteiger partial charge in [0.05, 0.1) is 0 Å². The molecule has 0 heterocycles. The van der Waals surface area contributed by atoms with Gasteiger partial charge in [-0.25, -0.2) is 0 Å². The SMILES string of the molecule is OP(O)(O)(c1ccc(C(F)(F)F)cc1)c1ccc(C(F)(F)F)cc1. The minimum atomic E-state index is -5.84. The predicted molar refractivity (Wildman–Crippen MR) is 75.7 cm³/mol. The van der Waals surface area contributed by atoms with Gasteiger partial charge in [-0.15, -0.1) is 0 Å². The molecule has 0 bridgehead atoms. The second-order valence-corrected chi connectivity index (χ2v) is 8.06. The van der Waals surface area contributed by atoms with Crippen molar-refractivity contribution in [3.05, 3.63) is 59.7 Å². The zero-order chi connectivity index (χ0) is 18.4. The van der Waals surface area contributed by atoms with Crippen LogP contribution < -0.4 is 10.6 Å². The molecule has 0 amide bonds. The maximum absolute atomic E-state index is 12.5. The summed E-state index contributed by atoms with van der Waals surface area (Å²) < 4.78 is 75.0. The van der Waals surface area contributed by atoms with Gasteiger partial charge in [0.2, 0.25) is 0 Å². The van der Waals surface area contributed by atoms with Crippen LogP contribution in [0.5, 0.6) is 0 Å². The normalized spacial score (nSPS) is 15.0. The number of hydrogen-bond donors (Lipinski definition) is 3. The van der Waals surface area contributed by atoms with Crippen LogP contribution >= 0.6 is 7.28 Å². The minimum absolute atomic E-state index is 0.531. The molecule has 2 aromatic rings. The van der Waals surface area contributed by atoms with E-state index in [1.54, 1.807) is 0 Å². The van der Waals surface area contributed by atoms with Gasteiger partial charge in [0, 0.05) is 0 Å². The Morgan fingerprint density at radius 2 is 0.792 bits per heavy atom. The van der Waals surface area contributed by atoms with Crippen LogP contribution in [0.2, 0.25) is 0 Å². The fourth-order valence-electron chi connectivity index (χ4n) is 2.00. The van der Waals surface area contributed by atoms with E-state index in [0.717, 1.165) is 0 Å². The van der Waals surface area contributed by atoms with Gasteiger partial charge in [0.1, 0.15) is 0 Å². The third kappa shape index (κ3) is 3.54. The van der Waals surface area contributed by atoms with Crippen molar-refractivity contribution in [3.63, 3.8) is 0 Å². The number of rotatable bonds is 2. The van der Waals surface area contributed by atoms with Crippen LogP contribution in [0.15, 0.2) is 48.5 Å². The molecule has 0 saturated carbocycles. The molecule has 0 saturated heterocycles. The number of benzene rings is 2. The molecule has 0 radical (unpaired) electrons. The molecular weight excluding hydrogens is 361 g/mol. The van der Waals surface area contributed by atoms with E-state index in [4.69, 9.17) is 0 Å². The summed E-state index contributed by atoms with van der Waals surface area (Å²) in [7, 11) is -5.84. The molecule has 0 aliphatic heterocycles. The summed E-state index contributed by atoms with van der Waals surface area (Å²) in [6.07, 6.45) is -9.33. The molecular formula is C14H11F6O3P. The van der Waals surface area contributed by atoms with Gasteiger partial charge >= 0.3 is 131 Å². The zero-order valence-electron chi connectivity index (χ0n) is 11.7. The van der Waals surface area contributed by atoms with Crippen LogP contribution in [0.3, 0.4) is 0 Å². The summed E-state index contributed by atoms with van der Waals surface area (Å²) >= 11 is 0. The summed E-state index contributed by atoms with van der Waals surface area (Å²) in [6, 6.07) is 4.78. The van der Waals surface area contributed by atoms with Crippen LogP contribution in [0.4, 0.5) is 26.3 Å². The fraction of sp³-hybridized carbons (Fsp3) is 0.143. The first kappa shape index (κ1) is 18.7. The quantitative estimate of drug-likeness (QED) is 0.561. The third-order valence-electron chi connectivity index (χ3n) is 3.34. The molecule has 2 rings (SSSR count). The summed E-state index contributed by atoms with van der Waals surface area (Å²) in [4.78, 5) is 30.6. The number of alkyl halides is 6. The predicted octanol–water partition coefficient (Wildman–Crippen LogP) is 2.95. The molecule has 3 N–H and O–H groups in total. The molecule has 0 spiro atoms. The Morgan fingerprint density at radius 1 is 0.542 bits per heavy atom. The molecule has 0 aliphatic carbocycles. The standard InChI is InChI=1S/C14H11F6O3P/c15-13(16,17)9-1-5-11(6-2-9)24(21,22,23)12-7-3-10(4-8-12)14(18,19)20/h1-8,21-23H. The van der Waals surface area contributed by atoms with Gasteiger partial charge in [0.25, 0.3) is 0 Å². The van der Waals surface area contributed by atoms with E-state index in [2.05, 4.69) is 0 Å². The first-order chi connectivity index (χ1) is 10.7. The monoisotopic (exact) mass is 372 g/mol. The van der Waals surface area contributed by atoms with E-state index in [1.807, 2.05) is 0 Å². The molecule has 0 aromatic heterocycles. The number of hydrogen-bond acceptors (Lipinski definition) is 3. The molecule has 10 heteroatoms. The first-order valence-corrected chi connectivity index (χ1v) is 8.42. The molecule has 0 unspecified atom stereocenters. The van der Waals surface area contributed by atoms with Crippen molar-refractivity contribution in [2.24, 2.45) is 0 Å². The Labute approximate surface area is 132 Å². The molecule has 0 atom stereocenters. The van der Waals surface area contributed by atoms with Crippen molar-refractivity contribution in [2.75, 3.05) is 0 Å². The van der Waals surface area contributed by atoms with Crippen LogP contribution in [0.1, 0.15) is 11.1 Å². The maximum atomic E-state index is 12.5. The van der Waals surface area contributed by atoms with Crippen LogP contribution in [-0.2, 0) is 12.4 Å². The van der Waals surface area contributed by atoms with Crippen molar-refractivity contribution in [1.82, 2.24) is 0 Å². The van der Waals surface area contributed by atoms with E-state index in [-0.39, 0.29) is 0 Å². The molecule has 24 heavy (non-hydrogen) atoms. The molecule has 0 aliphatic rings. The van der Waals surface area contributed by atoms with Crippen molar-refractivity contribution < 1.29 is 41.0 Å². The van der Waals surface area contributed by atoms with Gasteiger partial charge in [-0.05, 0) is 0 Å². The topological polar surface area (TPSA) is 60.7 Å². The van der Waals surface area contributed by atoms with Gasteiger partial charge in [-0.1, -0.05) is 0 Å². The second-order valence-electron chi connectivity index (χ2n) is 5.07. The van der Waals surface area contributed by atoms with Crippen LogP contribution in [0, 0.1) is 0 Å². The van der Waals surface area contributed by atoms with Crippen molar-refractivity contribution in [2.45, 2.75) is 12.4 Å². The van der Waals surface area contributed by atoms with Crippen LogP contribution in [0.25, 0.3) is 0 Å². The second kappa shape index (κ2) is 5.42.